The summed E-state index contributed by atoms with van der Waals surface area (Å²) in [6.07, 6.45) is 1.25. The molecule has 7 nitrogen and oxygen atoms in total. The molecule has 0 aromatic carbocycles. The first-order valence-electron chi connectivity index (χ1n) is 9.79. The number of ether oxygens (including phenoxy) is 1. The van der Waals surface area contributed by atoms with E-state index in [0.717, 1.165) is 58.4 Å². The Bertz CT molecular complexity index is 416. The van der Waals surface area contributed by atoms with Crippen LogP contribution in [0.25, 0.3) is 0 Å². The molecule has 0 bridgehead atoms. The third-order valence-electron chi connectivity index (χ3n) is 4.97. The first kappa shape index (κ1) is 23.9. The third kappa shape index (κ3) is 8.69. The zero-order valence-electron chi connectivity index (χ0n) is 16.7. The molecule has 26 heavy (non-hydrogen) atoms. The van der Waals surface area contributed by atoms with Crippen molar-refractivity contribution in [3.05, 3.63) is 0 Å². The molecule has 2 atom stereocenters. The Labute approximate surface area is 175 Å². The number of hydrogen-bond acceptors (Lipinski definition) is 5. The largest absolute Gasteiger partial charge is 0.387 e. The summed E-state index contributed by atoms with van der Waals surface area (Å²) in [5.41, 5.74) is -0.827. The summed E-state index contributed by atoms with van der Waals surface area (Å²) in [5.74, 6) is 1.48. The molecule has 2 rings (SSSR count). The summed E-state index contributed by atoms with van der Waals surface area (Å²) in [5, 5.41) is 17.4. The van der Waals surface area contributed by atoms with Gasteiger partial charge in [0, 0.05) is 39.3 Å². The van der Waals surface area contributed by atoms with Crippen molar-refractivity contribution in [1.29, 1.82) is 0 Å². The maximum Gasteiger partial charge on any atom is 0.191 e. The van der Waals surface area contributed by atoms with E-state index in [4.69, 9.17) is 4.74 Å². The molecular formula is C18H38IN5O2. The topological polar surface area (TPSA) is 72.4 Å². The minimum Gasteiger partial charge on any atom is -0.387 e. The molecule has 2 fully saturated rings. The standard InChI is InChI=1S/C18H37N5O2.HI/c1-4-19-17(20-12-16-6-7-22(5-2)13-16)21-14-18(3,24)15-23-8-10-25-11-9-23;/h16,24H,4-15H2,1-3H3,(H2,19,20,21);1H. The maximum atomic E-state index is 10.7. The third-order valence-corrected chi connectivity index (χ3v) is 4.97. The molecule has 0 aromatic rings. The van der Waals surface area contributed by atoms with E-state index in [9.17, 15) is 5.11 Å². The highest BCUT2D eigenvalue weighted by molar-refractivity contribution is 14.0. The number of hydrogen-bond donors (Lipinski definition) is 3. The zero-order valence-corrected chi connectivity index (χ0v) is 19.0. The SMILES string of the molecule is CCNC(=NCC(C)(O)CN1CCOCC1)NCC1CCN(CC)C1.I. The normalized spacial score (nSPS) is 24.8. The van der Waals surface area contributed by atoms with Gasteiger partial charge in [-0.3, -0.25) is 9.89 Å². The Balaban J connectivity index is 0.00000338. The minimum atomic E-state index is -0.827. The second-order valence-electron chi connectivity index (χ2n) is 7.51. The van der Waals surface area contributed by atoms with E-state index < -0.39 is 5.60 Å². The van der Waals surface area contributed by atoms with Gasteiger partial charge in [-0.1, -0.05) is 6.92 Å². The van der Waals surface area contributed by atoms with Crippen molar-refractivity contribution in [2.24, 2.45) is 10.9 Å². The zero-order chi connectivity index (χ0) is 18.1. The lowest BCUT2D eigenvalue weighted by Gasteiger charge is -2.33. The van der Waals surface area contributed by atoms with Crippen LogP contribution in [0.4, 0.5) is 0 Å². The van der Waals surface area contributed by atoms with Crippen LogP contribution in [0.2, 0.25) is 0 Å². The molecular weight excluding hydrogens is 445 g/mol. The highest BCUT2D eigenvalue weighted by Crippen LogP contribution is 2.14. The average Bonchev–Trinajstić information content (AvgIpc) is 3.06. The van der Waals surface area contributed by atoms with Gasteiger partial charge in [-0.15, -0.1) is 24.0 Å². The fourth-order valence-electron chi connectivity index (χ4n) is 3.49. The molecule has 0 aromatic heterocycles. The number of likely N-dealkylation sites (tertiary alicyclic amines) is 1. The second-order valence-corrected chi connectivity index (χ2v) is 7.51. The van der Waals surface area contributed by atoms with E-state index in [-0.39, 0.29) is 24.0 Å². The van der Waals surface area contributed by atoms with E-state index in [1.165, 1.54) is 13.0 Å². The van der Waals surface area contributed by atoms with Gasteiger partial charge >= 0.3 is 0 Å². The first-order chi connectivity index (χ1) is 12.0. The number of rotatable bonds is 8. The molecule has 2 unspecified atom stereocenters. The minimum absolute atomic E-state index is 0. The van der Waals surface area contributed by atoms with E-state index in [2.05, 4.69) is 39.3 Å². The van der Waals surface area contributed by atoms with Gasteiger partial charge < -0.3 is 25.4 Å². The van der Waals surface area contributed by atoms with Gasteiger partial charge in [0.25, 0.3) is 0 Å². The van der Waals surface area contributed by atoms with Crippen LogP contribution < -0.4 is 10.6 Å². The van der Waals surface area contributed by atoms with Crippen LogP contribution in [-0.4, -0.2) is 98.6 Å². The van der Waals surface area contributed by atoms with Crippen molar-refractivity contribution in [2.75, 3.05) is 72.1 Å². The monoisotopic (exact) mass is 483 g/mol. The predicted octanol–water partition coefficient (Wildman–Crippen LogP) is 0.585. The number of halogens is 1. The van der Waals surface area contributed by atoms with Gasteiger partial charge in [0.05, 0.1) is 25.4 Å². The molecule has 3 N–H and O–H groups in total. The Morgan fingerprint density at radius 1 is 1.19 bits per heavy atom. The highest BCUT2D eigenvalue weighted by atomic mass is 127. The van der Waals surface area contributed by atoms with Crippen molar-refractivity contribution in [2.45, 2.75) is 32.8 Å². The van der Waals surface area contributed by atoms with Crippen LogP contribution in [-0.2, 0) is 4.74 Å². The van der Waals surface area contributed by atoms with E-state index in [1.807, 2.05) is 6.92 Å². The summed E-state index contributed by atoms with van der Waals surface area (Å²) in [6, 6.07) is 0. The Morgan fingerprint density at radius 2 is 1.92 bits per heavy atom. The molecule has 2 aliphatic heterocycles. The van der Waals surface area contributed by atoms with Crippen molar-refractivity contribution < 1.29 is 9.84 Å². The van der Waals surface area contributed by atoms with Gasteiger partial charge in [0.15, 0.2) is 5.96 Å². The Kier molecular flexibility index (Phi) is 11.3. The van der Waals surface area contributed by atoms with Crippen LogP contribution >= 0.6 is 24.0 Å². The van der Waals surface area contributed by atoms with Crippen LogP contribution in [0.1, 0.15) is 27.2 Å². The fourth-order valence-corrected chi connectivity index (χ4v) is 3.49. The number of nitrogens with one attached hydrogen (secondary N) is 2. The van der Waals surface area contributed by atoms with Gasteiger partial charge in [-0.2, -0.15) is 0 Å². The van der Waals surface area contributed by atoms with Crippen LogP contribution in [0, 0.1) is 5.92 Å². The van der Waals surface area contributed by atoms with Crippen molar-refractivity contribution in [3.63, 3.8) is 0 Å². The summed E-state index contributed by atoms with van der Waals surface area (Å²) >= 11 is 0. The Morgan fingerprint density at radius 3 is 2.54 bits per heavy atom. The number of nitrogens with zero attached hydrogens (tertiary/aromatic N) is 3. The van der Waals surface area contributed by atoms with E-state index >= 15 is 0 Å². The molecule has 0 radical (unpaired) electrons. The molecule has 0 saturated carbocycles. The van der Waals surface area contributed by atoms with Gasteiger partial charge in [0.2, 0.25) is 0 Å². The molecule has 154 valence electrons. The van der Waals surface area contributed by atoms with Crippen molar-refractivity contribution >= 4 is 29.9 Å². The number of aliphatic imine (C=N–C) groups is 1. The summed E-state index contributed by atoms with van der Waals surface area (Å²) < 4.78 is 5.37. The van der Waals surface area contributed by atoms with Gasteiger partial charge in [-0.05, 0) is 39.3 Å². The van der Waals surface area contributed by atoms with Crippen molar-refractivity contribution in [3.8, 4) is 0 Å². The smallest absolute Gasteiger partial charge is 0.191 e. The lowest BCUT2D eigenvalue weighted by atomic mass is 10.1. The van der Waals surface area contributed by atoms with Gasteiger partial charge in [0.1, 0.15) is 0 Å². The Hall–Kier alpha value is -0.160. The number of morpholine rings is 1. The van der Waals surface area contributed by atoms with Crippen LogP contribution in [0.15, 0.2) is 4.99 Å². The molecule has 0 spiro atoms. The predicted molar refractivity (Wildman–Crippen MR) is 118 cm³/mol. The second kappa shape index (κ2) is 12.3. The molecule has 8 heteroatoms. The van der Waals surface area contributed by atoms with E-state index in [1.54, 1.807) is 0 Å². The van der Waals surface area contributed by atoms with Crippen molar-refractivity contribution in [1.82, 2.24) is 20.4 Å². The highest BCUT2D eigenvalue weighted by Gasteiger charge is 2.25. The summed E-state index contributed by atoms with van der Waals surface area (Å²) in [6.45, 7) is 15.7. The lowest BCUT2D eigenvalue weighted by Crippen LogP contribution is -2.48. The molecule has 0 aliphatic carbocycles. The van der Waals surface area contributed by atoms with Crippen LogP contribution in [0.5, 0.6) is 0 Å². The molecule has 2 aliphatic rings. The van der Waals surface area contributed by atoms with Crippen LogP contribution in [0.3, 0.4) is 0 Å². The number of β-amino-alcohol motifs (C(OH)–C–C–N with tert-alkyl or cyclic N) is 1. The molecule has 0 amide bonds. The average molecular weight is 483 g/mol. The summed E-state index contributed by atoms with van der Waals surface area (Å²) in [7, 11) is 0. The molecule has 2 heterocycles. The fraction of sp³-hybridized carbons (Fsp3) is 0.944. The maximum absolute atomic E-state index is 10.7. The number of aliphatic hydroxyl groups is 1. The first-order valence-corrected chi connectivity index (χ1v) is 9.79. The molecule has 2 saturated heterocycles. The number of guanidine groups is 1. The summed E-state index contributed by atoms with van der Waals surface area (Å²) in [4.78, 5) is 9.36. The van der Waals surface area contributed by atoms with Gasteiger partial charge in [-0.25, -0.2) is 0 Å². The quantitative estimate of drug-likeness (QED) is 0.267. The lowest BCUT2D eigenvalue weighted by molar-refractivity contribution is -0.0180. The van der Waals surface area contributed by atoms with E-state index in [0.29, 0.717) is 19.0 Å².